The number of amides is 2. The molecule has 3 N–H and O–H groups in total. The zero-order valence-electron chi connectivity index (χ0n) is 11.9. The molecule has 0 aliphatic carbocycles. The Morgan fingerprint density at radius 1 is 1.48 bits per heavy atom. The Balaban J connectivity index is 2.35. The van der Waals surface area contributed by atoms with Crippen LogP contribution in [-0.4, -0.2) is 37.0 Å². The highest BCUT2D eigenvalue weighted by Crippen LogP contribution is 2.24. The summed E-state index contributed by atoms with van der Waals surface area (Å²) in [6, 6.07) is 4.25. The predicted octanol–water partition coefficient (Wildman–Crippen LogP) is 0.297. The maximum Gasteiger partial charge on any atom is 0.340 e. The minimum Gasteiger partial charge on any atom is -0.462 e. The molecule has 1 heterocycles. The van der Waals surface area contributed by atoms with Crippen molar-refractivity contribution in [2.24, 2.45) is 0 Å². The van der Waals surface area contributed by atoms with Crippen molar-refractivity contribution in [3.63, 3.8) is 0 Å². The second kappa shape index (κ2) is 5.82. The minimum absolute atomic E-state index is 0.0408. The number of nitrogens with one attached hydrogen (secondary N) is 1. The van der Waals surface area contributed by atoms with Crippen molar-refractivity contribution in [3.8, 4) is 0 Å². The summed E-state index contributed by atoms with van der Waals surface area (Å²) in [5, 5.41) is 2.26. The predicted molar refractivity (Wildman–Crippen MR) is 76.8 cm³/mol. The van der Waals surface area contributed by atoms with Crippen molar-refractivity contribution >= 4 is 29.2 Å². The van der Waals surface area contributed by atoms with E-state index in [-0.39, 0.29) is 36.2 Å². The second-order valence-corrected chi connectivity index (χ2v) is 4.71. The average Bonchev–Trinajstić information content (AvgIpc) is 2.43. The number of imide groups is 1. The first-order valence-electron chi connectivity index (χ1n) is 6.61. The van der Waals surface area contributed by atoms with Gasteiger partial charge in [0.1, 0.15) is 6.04 Å². The molecule has 2 rings (SSSR count). The molecule has 1 aliphatic heterocycles. The zero-order chi connectivity index (χ0) is 15.6. The number of rotatable bonds is 3. The van der Waals surface area contributed by atoms with Gasteiger partial charge in [0.15, 0.2) is 0 Å². The third kappa shape index (κ3) is 2.96. The topological polar surface area (TPSA) is 102 Å². The molecule has 1 aromatic rings. The van der Waals surface area contributed by atoms with Crippen LogP contribution in [0.15, 0.2) is 18.2 Å². The van der Waals surface area contributed by atoms with E-state index < -0.39 is 12.0 Å². The first kappa shape index (κ1) is 14.8. The molecule has 0 aromatic heterocycles. The molecule has 0 spiro atoms. The Hall–Kier alpha value is -2.57. The molecule has 1 aromatic carbocycles. The summed E-state index contributed by atoms with van der Waals surface area (Å²) in [4.78, 5) is 36.6. The van der Waals surface area contributed by atoms with Crippen LogP contribution in [0.5, 0.6) is 0 Å². The van der Waals surface area contributed by atoms with Gasteiger partial charge in [-0.2, -0.15) is 0 Å². The van der Waals surface area contributed by atoms with Gasteiger partial charge in [-0.3, -0.25) is 14.9 Å². The van der Waals surface area contributed by atoms with Crippen LogP contribution < -0.4 is 16.0 Å². The molecular formula is C14H17N3O4. The summed E-state index contributed by atoms with van der Waals surface area (Å²) in [7, 11) is 0. The van der Waals surface area contributed by atoms with Gasteiger partial charge in [0, 0.05) is 11.4 Å². The molecule has 0 saturated carbocycles. The van der Waals surface area contributed by atoms with E-state index in [0.717, 1.165) is 0 Å². The normalized spacial score (nSPS) is 18.4. The summed E-state index contributed by atoms with van der Waals surface area (Å²) >= 11 is 0. The molecule has 0 bridgehead atoms. The highest BCUT2D eigenvalue weighted by Gasteiger charge is 2.30. The van der Waals surface area contributed by atoms with Crippen LogP contribution in [0.3, 0.4) is 0 Å². The van der Waals surface area contributed by atoms with Gasteiger partial charge in [0.2, 0.25) is 11.8 Å². The van der Waals surface area contributed by atoms with Crippen LogP contribution >= 0.6 is 0 Å². The van der Waals surface area contributed by atoms with Crippen molar-refractivity contribution in [3.05, 3.63) is 23.8 Å². The number of carbonyl (C=O) groups is 3. The van der Waals surface area contributed by atoms with Gasteiger partial charge in [-0.05, 0) is 32.0 Å². The zero-order valence-corrected chi connectivity index (χ0v) is 11.9. The number of ether oxygens (including phenoxy) is 1. The molecule has 7 nitrogen and oxygen atoms in total. The highest BCUT2D eigenvalue weighted by atomic mass is 16.5. The number of anilines is 2. The van der Waals surface area contributed by atoms with E-state index in [0.29, 0.717) is 5.69 Å². The molecule has 1 atom stereocenters. The van der Waals surface area contributed by atoms with Crippen LogP contribution in [0.4, 0.5) is 11.4 Å². The molecule has 1 saturated heterocycles. The molecule has 7 heteroatoms. The number of nitrogens with zero attached hydrogens (tertiary/aromatic N) is 1. The summed E-state index contributed by atoms with van der Waals surface area (Å²) in [5.74, 6) is -1.29. The van der Waals surface area contributed by atoms with Crippen molar-refractivity contribution in [1.82, 2.24) is 5.32 Å². The fraction of sp³-hybridized carbons (Fsp3) is 0.357. The lowest BCUT2D eigenvalue weighted by atomic mass is 10.1. The lowest BCUT2D eigenvalue weighted by molar-refractivity contribution is -0.132. The number of hydrogen-bond acceptors (Lipinski definition) is 6. The van der Waals surface area contributed by atoms with Crippen molar-refractivity contribution < 1.29 is 19.1 Å². The highest BCUT2D eigenvalue weighted by molar-refractivity contribution is 6.05. The Kier molecular flexibility index (Phi) is 4.11. The van der Waals surface area contributed by atoms with E-state index in [1.807, 2.05) is 0 Å². The van der Waals surface area contributed by atoms with Gasteiger partial charge in [0.05, 0.1) is 18.7 Å². The standard InChI is InChI=1S/C14H17N3O4/c1-3-21-14(20)10-6-9(4-5-11(10)15)17-7-12(18)16-13(19)8(17)2/h4-6,8H,3,7,15H2,1-2H3,(H,16,18,19). The van der Waals surface area contributed by atoms with E-state index in [2.05, 4.69) is 5.32 Å². The molecule has 0 radical (unpaired) electrons. The molecule has 1 aliphatic rings. The molecule has 1 fully saturated rings. The largest absolute Gasteiger partial charge is 0.462 e. The first-order chi connectivity index (χ1) is 9.93. The molecule has 2 amide bonds. The number of nitrogens with two attached hydrogens (primary N) is 1. The Morgan fingerprint density at radius 2 is 2.19 bits per heavy atom. The number of esters is 1. The summed E-state index contributed by atoms with van der Waals surface area (Å²) < 4.78 is 4.94. The quantitative estimate of drug-likeness (QED) is 0.472. The van der Waals surface area contributed by atoms with Crippen LogP contribution in [0, 0.1) is 0 Å². The molecule has 112 valence electrons. The van der Waals surface area contributed by atoms with Gasteiger partial charge in [-0.1, -0.05) is 0 Å². The smallest absolute Gasteiger partial charge is 0.340 e. The van der Waals surface area contributed by atoms with E-state index in [1.54, 1.807) is 30.9 Å². The monoisotopic (exact) mass is 291 g/mol. The number of carbonyl (C=O) groups excluding carboxylic acids is 3. The van der Waals surface area contributed by atoms with Crippen molar-refractivity contribution in [2.45, 2.75) is 19.9 Å². The fourth-order valence-electron chi connectivity index (χ4n) is 2.14. The van der Waals surface area contributed by atoms with Crippen molar-refractivity contribution in [1.29, 1.82) is 0 Å². The van der Waals surface area contributed by atoms with Crippen LogP contribution in [0.1, 0.15) is 24.2 Å². The number of hydrogen-bond donors (Lipinski definition) is 2. The van der Waals surface area contributed by atoms with Crippen LogP contribution in [0.2, 0.25) is 0 Å². The van der Waals surface area contributed by atoms with Gasteiger partial charge in [-0.15, -0.1) is 0 Å². The van der Waals surface area contributed by atoms with E-state index in [1.165, 1.54) is 6.07 Å². The van der Waals surface area contributed by atoms with Crippen molar-refractivity contribution in [2.75, 3.05) is 23.8 Å². The van der Waals surface area contributed by atoms with Crippen LogP contribution in [-0.2, 0) is 14.3 Å². The second-order valence-electron chi connectivity index (χ2n) is 4.71. The minimum atomic E-state index is -0.530. The number of nitrogen functional groups attached to an aromatic ring is 1. The third-order valence-electron chi connectivity index (χ3n) is 3.29. The maximum absolute atomic E-state index is 11.8. The summed E-state index contributed by atoms with van der Waals surface area (Å²) in [5.41, 5.74) is 6.86. The maximum atomic E-state index is 11.8. The van der Waals surface area contributed by atoms with E-state index >= 15 is 0 Å². The number of benzene rings is 1. The van der Waals surface area contributed by atoms with E-state index in [4.69, 9.17) is 10.5 Å². The van der Waals surface area contributed by atoms with Gasteiger partial charge < -0.3 is 15.4 Å². The van der Waals surface area contributed by atoms with Crippen LogP contribution in [0.25, 0.3) is 0 Å². The summed E-state index contributed by atoms with van der Waals surface area (Å²) in [6.07, 6.45) is 0. The van der Waals surface area contributed by atoms with Gasteiger partial charge >= 0.3 is 5.97 Å². The Labute approximate surface area is 122 Å². The third-order valence-corrected chi connectivity index (χ3v) is 3.29. The molecular weight excluding hydrogens is 274 g/mol. The average molecular weight is 291 g/mol. The van der Waals surface area contributed by atoms with E-state index in [9.17, 15) is 14.4 Å². The molecule has 21 heavy (non-hydrogen) atoms. The lowest BCUT2D eigenvalue weighted by Crippen LogP contribution is -2.57. The lowest BCUT2D eigenvalue weighted by Gasteiger charge is -2.33. The van der Waals surface area contributed by atoms with Gasteiger partial charge in [-0.25, -0.2) is 4.79 Å². The van der Waals surface area contributed by atoms with Gasteiger partial charge in [0.25, 0.3) is 0 Å². The number of piperazine rings is 1. The molecule has 1 unspecified atom stereocenters. The fourth-order valence-corrected chi connectivity index (χ4v) is 2.14. The summed E-state index contributed by atoms with van der Waals surface area (Å²) in [6.45, 7) is 3.67. The SMILES string of the molecule is CCOC(=O)c1cc(N2CC(=O)NC(=O)C2C)ccc1N. The Bertz CT molecular complexity index is 600. The first-order valence-corrected chi connectivity index (χ1v) is 6.61. The Morgan fingerprint density at radius 3 is 2.86 bits per heavy atom.